The average molecular weight is 228 g/mol. The van der Waals surface area contributed by atoms with Crippen molar-refractivity contribution in [2.24, 2.45) is 0 Å². The Kier molecular flexibility index (Phi) is 5.28. The Labute approximate surface area is 93.7 Å². The van der Waals surface area contributed by atoms with Crippen molar-refractivity contribution < 1.29 is 9.53 Å². The molecule has 1 aromatic heterocycles. The van der Waals surface area contributed by atoms with Gasteiger partial charge in [-0.15, -0.1) is 11.3 Å². The minimum absolute atomic E-state index is 0.338. The molecule has 1 N–H and O–H groups in total. The monoisotopic (exact) mass is 228 g/mol. The van der Waals surface area contributed by atoms with Gasteiger partial charge in [0.25, 0.3) is 0 Å². The molecular weight excluding hydrogens is 212 g/mol. The first-order chi connectivity index (χ1) is 7.27. The van der Waals surface area contributed by atoms with Crippen molar-refractivity contribution in [3.05, 3.63) is 16.1 Å². The Morgan fingerprint density at radius 3 is 3.07 bits per heavy atom. The van der Waals surface area contributed by atoms with Crippen LogP contribution in [0.4, 0.5) is 0 Å². The van der Waals surface area contributed by atoms with Crippen molar-refractivity contribution in [2.75, 3.05) is 13.2 Å². The van der Waals surface area contributed by atoms with E-state index in [4.69, 9.17) is 4.74 Å². The highest BCUT2D eigenvalue weighted by molar-refractivity contribution is 7.09. The molecule has 84 valence electrons. The summed E-state index contributed by atoms with van der Waals surface area (Å²) in [7, 11) is 0. The van der Waals surface area contributed by atoms with Crippen LogP contribution in [0.25, 0.3) is 0 Å². The molecule has 0 spiro atoms. The molecule has 0 fully saturated rings. The number of nitrogens with one attached hydrogen (secondary N) is 1. The van der Waals surface area contributed by atoms with Gasteiger partial charge in [-0.1, -0.05) is 6.92 Å². The summed E-state index contributed by atoms with van der Waals surface area (Å²) < 4.78 is 4.85. The number of esters is 1. The summed E-state index contributed by atoms with van der Waals surface area (Å²) >= 11 is 1.48. The topological polar surface area (TPSA) is 51.2 Å². The quantitative estimate of drug-likeness (QED) is 0.596. The Morgan fingerprint density at radius 2 is 2.40 bits per heavy atom. The minimum Gasteiger partial charge on any atom is -0.461 e. The number of nitrogens with zero attached hydrogens (tertiary/aromatic N) is 1. The van der Waals surface area contributed by atoms with Crippen LogP contribution in [0.1, 0.15) is 35.8 Å². The van der Waals surface area contributed by atoms with Crippen molar-refractivity contribution >= 4 is 17.3 Å². The van der Waals surface area contributed by atoms with E-state index in [9.17, 15) is 4.79 Å². The highest BCUT2D eigenvalue weighted by atomic mass is 32.1. The zero-order chi connectivity index (χ0) is 11.1. The first-order valence-corrected chi connectivity index (χ1v) is 5.98. The molecule has 0 saturated heterocycles. The average Bonchev–Trinajstić information content (AvgIpc) is 2.67. The van der Waals surface area contributed by atoms with Gasteiger partial charge in [-0.05, 0) is 19.9 Å². The second kappa shape index (κ2) is 6.53. The highest BCUT2D eigenvalue weighted by Crippen LogP contribution is 2.10. The third-order valence-corrected chi connectivity index (χ3v) is 2.59. The number of hydrogen-bond acceptors (Lipinski definition) is 5. The normalized spacial score (nSPS) is 10.3. The van der Waals surface area contributed by atoms with Gasteiger partial charge in [-0.3, -0.25) is 0 Å². The highest BCUT2D eigenvalue weighted by Gasteiger charge is 2.10. The lowest BCUT2D eigenvalue weighted by atomic mass is 10.4. The molecule has 5 heteroatoms. The van der Waals surface area contributed by atoms with Gasteiger partial charge in [0.2, 0.25) is 0 Å². The molecule has 1 rings (SSSR count). The van der Waals surface area contributed by atoms with Crippen LogP contribution in [0, 0.1) is 0 Å². The van der Waals surface area contributed by atoms with Gasteiger partial charge in [0.15, 0.2) is 5.69 Å². The Bertz CT molecular complexity index is 312. The van der Waals surface area contributed by atoms with Crippen LogP contribution < -0.4 is 5.32 Å². The van der Waals surface area contributed by atoms with Crippen molar-refractivity contribution in [1.82, 2.24) is 10.3 Å². The molecule has 0 amide bonds. The molecule has 0 atom stereocenters. The molecule has 1 aromatic rings. The second-order valence-corrected chi connectivity index (χ2v) is 3.97. The van der Waals surface area contributed by atoms with E-state index in [1.807, 2.05) is 0 Å². The fourth-order valence-corrected chi connectivity index (χ4v) is 1.80. The first-order valence-electron chi connectivity index (χ1n) is 5.10. The Hall–Kier alpha value is -0.940. The molecule has 0 bridgehead atoms. The van der Waals surface area contributed by atoms with Crippen molar-refractivity contribution in [2.45, 2.75) is 26.8 Å². The number of aromatic nitrogens is 1. The van der Waals surface area contributed by atoms with Gasteiger partial charge in [0.1, 0.15) is 5.01 Å². The minimum atomic E-state index is -0.338. The summed E-state index contributed by atoms with van der Waals surface area (Å²) in [6.07, 6.45) is 1.09. The largest absolute Gasteiger partial charge is 0.461 e. The Morgan fingerprint density at radius 1 is 1.60 bits per heavy atom. The van der Waals surface area contributed by atoms with Gasteiger partial charge < -0.3 is 10.1 Å². The predicted molar refractivity (Wildman–Crippen MR) is 60.1 cm³/mol. The van der Waals surface area contributed by atoms with Crippen molar-refractivity contribution in [3.63, 3.8) is 0 Å². The number of thiazole rings is 1. The van der Waals surface area contributed by atoms with Crippen LogP contribution in [0.5, 0.6) is 0 Å². The van der Waals surface area contributed by atoms with Crippen LogP contribution in [-0.2, 0) is 11.3 Å². The number of rotatable bonds is 6. The summed E-state index contributed by atoms with van der Waals surface area (Å²) in [5.74, 6) is -0.338. The van der Waals surface area contributed by atoms with Crippen molar-refractivity contribution in [1.29, 1.82) is 0 Å². The maximum absolute atomic E-state index is 11.3. The summed E-state index contributed by atoms with van der Waals surface area (Å²) in [6.45, 7) is 5.97. The summed E-state index contributed by atoms with van der Waals surface area (Å²) in [5.41, 5.74) is 0.412. The van der Waals surface area contributed by atoms with E-state index in [2.05, 4.69) is 17.2 Å². The maximum Gasteiger partial charge on any atom is 0.357 e. The molecule has 0 aromatic carbocycles. The molecule has 15 heavy (non-hydrogen) atoms. The SMILES string of the molecule is CCCNCc1nc(C(=O)OCC)cs1. The molecule has 0 saturated carbocycles. The standard InChI is InChI=1S/C10H16N2O2S/c1-3-5-11-6-9-12-8(7-15-9)10(13)14-4-2/h7,11H,3-6H2,1-2H3. The second-order valence-electron chi connectivity index (χ2n) is 3.02. The number of ether oxygens (including phenoxy) is 1. The fourth-order valence-electron chi connectivity index (χ4n) is 1.06. The third kappa shape index (κ3) is 3.97. The van der Waals surface area contributed by atoms with Gasteiger partial charge >= 0.3 is 5.97 Å². The lowest BCUT2D eigenvalue weighted by Crippen LogP contribution is -2.14. The van der Waals surface area contributed by atoms with E-state index in [0.29, 0.717) is 12.3 Å². The lowest BCUT2D eigenvalue weighted by Gasteiger charge is -1.98. The van der Waals surface area contributed by atoms with Gasteiger partial charge in [0.05, 0.1) is 6.61 Å². The van der Waals surface area contributed by atoms with Crippen LogP contribution in [0.3, 0.4) is 0 Å². The van der Waals surface area contributed by atoms with Crippen LogP contribution in [0.2, 0.25) is 0 Å². The lowest BCUT2D eigenvalue weighted by molar-refractivity contribution is 0.0520. The van der Waals surface area contributed by atoms with Crippen molar-refractivity contribution in [3.8, 4) is 0 Å². The molecule has 0 aliphatic carbocycles. The van der Waals surface area contributed by atoms with E-state index < -0.39 is 0 Å². The first kappa shape index (κ1) is 12.1. The molecule has 0 unspecified atom stereocenters. The molecule has 0 aliphatic heterocycles. The maximum atomic E-state index is 11.3. The fraction of sp³-hybridized carbons (Fsp3) is 0.600. The molecule has 1 heterocycles. The van der Waals surface area contributed by atoms with Crippen LogP contribution in [-0.4, -0.2) is 24.1 Å². The van der Waals surface area contributed by atoms with E-state index in [0.717, 1.165) is 24.5 Å². The van der Waals surface area contributed by atoms with Gasteiger partial charge in [-0.2, -0.15) is 0 Å². The summed E-state index contributed by atoms with van der Waals surface area (Å²) in [4.78, 5) is 15.5. The molecule has 0 radical (unpaired) electrons. The molecule has 4 nitrogen and oxygen atoms in total. The summed E-state index contributed by atoms with van der Waals surface area (Å²) in [6, 6.07) is 0. The van der Waals surface area contributed by atoms with E-state index in [1.54, 1.807) is 12.3 Å². The van der Waals surface area contributed by atoms with E-state index in [-0.39, 0.29) is 5.97 Å². The van der Waals surface area contributed by atoms with Gasteiger partial charge in [-0.25, -0.2) is 9.78 Å². The number of hydrogen-bond donors (Lipinski definition) is 1. The molecular formula is C10H16N2O2S. The number of carbonyl (C=O) groups is 1. The van der Waals surface area contributed by atoms with Gasteiger partial charge in [0, 0.05) is 11.9 Å². The van der Waals surface area contributed by atoms with Crippen LogP contribution in [0.15, 0.2) is 5.38 Å². The van der Waals surface area contributed by atoms with Crippen LogP contribution >= 0.6 is 11.3 Å². The smallest absolute Gasteiger partial charge is 0.357 e. The van der Waals surface area contributed by atoms with E-state index in [1.165, 1.54) is 11.3 Å². The zero-order valence-corrected chi connectivity index (χ0v) is 9.89. The third-order valence-electron chi connectivity index (χ3n) is 1.74. The molecule has 0 aliphatic rings. The summed E-state index contributed by atoms with van der Waals surface area (Å²) in [5, 5.41) is 5.89. The zero-order valence-electron chi connectivity index (χ0n) is 9.08. The predicted octanol–water partition coefficient (Wildman–Crippen LogP) is 1.82. The van der Waals surface area contributed by atoms with E-state index >= 15 is 0 Å². The number of carbonyl (C=O) groups excluding carboxylic acids is 1. The Balaban J connectivity index is 2.45.